The number of amides is 1. The van der Waals surface area contributed by atoms with Gasteiger partial charge < -0.3 is 9.64 Å². The van der Waals surface area contributed by atoms with E-state index in [1.165, 1.54) is 0 Å². The lowest BCUT2D eigenvalue weighted by Crippen LogP contribution is -2.28. The number of rotatable bonds is 4. The van der Waals surface area contributed by atoms with E-state index in [-0.39, 0.29) is 23.1 Å². The van der Waals surface area contributed by atoms with Gasteiger partial charge in [-0.05, 0) is 17.7 Å². The van der Waals surface area contributed by atoms with Crippen molar-refractivity contribution < 1.29 is 17.9 Å². The molecule has 1 aromatic carbocycles. The highest BCUT2D eigenvalue weighted by atomic mass is 32.2. The Morgan fingerprint density at radius 2 is 2.00 bits per heavy atom. The first kappa shape index (κ1) is 17.5. The smallest absolute Gasteiger partial charge is 0.274 e. The van der Waals surface area contributed by atoms with Gasteiger partial charge in [0.15, 0.2) is 15.5 Å². The minimum absolute atomic E-state index is 0.106. The number of methoxy groups -OCH3 is 1. The van der Waals surface area contributed by atoms with Gasteiger partial charge in [0.2, 0.25) is 0 Å². The van der Waals surface area contributed by atoms with Crippen LogP contribution in [0.4, 0.5) is 0 Å². The number of sulfone groups is 1. The molecule has 3 rings (SSSR count). The van der Waals surface area contributed by atoms with Crippen molar-refractivity contribution in [2.45, 2.75) is 18.7 Å². The molecule has 2 heterocycles. The van der Waals surface area contributed by atoms with Crippen LogP contribution >= 0.6 is 0 Å². The van der Waals surface area contributed by atoms with E-state index < -0.39 is 9.84 Å². The lowest BCUT2D eigenvalue weighted by atomic mass is 10.1. The van der Waals surface area contributed by atoms with Crippen molar-refractivity contribution >= 4 is 15.7 Å². The van der Waals surface area contributed by atoms with Gasteiger partial charge in [-0.2, -0.15) is 5.10 Å². The predicted molar refractivity (Wildman–Crippen MR) is 93.2 cm³/mol. The van der Waals surface area contributed by atoms with Crippen LogP contribution in [0.15, 0.2) is 24.3 Å². The van der Waals surface area contributed by atoms with Crippen LogP contribution < -0.4 is 4.74 Å². The number of carbonyl (C=O) groups excluding carboxylic acids is 1. The van der Waals surface area contributed by atoms with Crippen LogP contribution in [-0.2, 0) is 35.6 Å². The number of hydrogen-bond acceptors (Lipinski definition) is 5. The van der Waals surface area contributed by atoms with Crippen LogP contribution in [0, 0.1) is 0 Å². The molecule has 1 aliphatic heterocycles. The van der Waals surface area contributed by atoms with E-state index in [4.69, 9.17) is 4.74 Å². The Labute approximate surface area is 147 Å². The van der Waals surface area contributed by atoms with Crippen LogP contribution in [0.3, 0.4) is 0 Å². The summed E-state index contributed by atoms with van der Waals surface area (Å²) >= 11 is 0. The maximum absolute atomic E-state index is 12.8. The zero-order valence-corrected chi connectivity index (χ0v) is 15.3. The molecule has 0 spiro atoms. The third-order valence-corrected chi connectivity index (χ3v) is 5.97. The van der Waals surface area contributed by atoms with Crippen molar-refractivity contribution in [3.8, 4) is 5.75 Å². The van der Waals surface area contributed by atoms with Crippen molar-refractivity contribution in [2.75, 3.05) is 19.9 Å². The molecular formula is C17H21N3O4S. The largest absolute Gasteiger partial charge is 0.497 e. The Kier molecular flexibility index (Phi) is 4.55. The highest BCUT2D eigenvalue weighted by molar-refractivity contribution is 7.90. The van der Waals surface area contributed by atoms with E-state index in [1.54, 1.807) is 30.8 Å². The van der Waals surface area contributed by atoms with Crippen molar-refractivity contribution in [3.05, 3.63) is 46.8 Å². The highest BCUT2D eigenvalue weighted by Gasteiger charge is 2.31. The molecule has 0 aliphatic carbocycles. The van der Waals surface area contributed by atoms with Crippen LogP contribution in [0.2, 0.25) is 0 Å². The van der Waals surface area contributed by atoms with Crippen molar-refractivity contribution in [3.63, 3.8) is 0 Å². The van der Waals surface area contributed by atoms with Crippen molar-refractivity contribution in [1.82, 2.24) is 14.7 Å². The molecule has 134 valence electrons. The summed E-state index contributed by atoms with van der Waals surface area (Å²) in [4.78, 5) is 14.3. The predicted octanol–water partition coefficient (Wildman–Crippen LogP) is 1.17. The fraction of sp³-hybridized carbons (Fsp3) is 0.412. The molecule has 1 aromatic heterocycles. The summed E-state index contributed by atoms with van der Waals surface area (Å²) in [6.07, 6.45) is 0.399. The first-order valence-electron chi connectivity index (χ1n) is 7.94. The first-order chi connectivity index (χ1) is 11.8. The van der Waals surface area contributed by atoms with E-state index in [9.17, 15) is 13.2 Å². The Morgan fingerprint density at radius 1 is 1.32 bits per heavy atom. The normalized spacial score (nSPS) is 15.5. The molecule has 0 unspecified atom stereocenters. The second-order valence-electron chi connectivity index (χ2n) is 6.25. The number of nitrogens with zero attached hydrogens (tertiary/aromatic N) is 3. The third kappa shape index (κ3) is 3.53. The first-order valence-corrected chi connectivity index (χ1v) is 9.76. The van der Waals surface area contributed by atoms with Gasteiger partial charge in [-0.15, -0.1) is 0 Å². The number of ether oxygens (including phenoxy) is 1. The Hall–Kier alpha value is -2.35. The van der Waals surface area contributed by atoms with Crippen LogP contribution in [0.1, 0.15) is 27.3 Å². The molecule has 1 aliphatic rings. The van der Waals surface area contributed by atoms with Crippen LogP contribution in [-0.4, -0.2) is 48.9 Å². The average Bonchev–Trinajstić information content (AvgIpc) is 2.89. The Bertz CT molecular complexity index is 901. The molecule has 0 saturated carbocycles. The molecule has 0 fully saturated rings. The van der Waals surface area contributed by atoms with E-state index in [1.807, 2.05) is 24.3 Å². The molecule has 25 heavy (non-hydrogen) atoms. The maximum atomic E-state index is 12.8. The second kappa shape index (κ2) is 6.51. The zero-order chi connectivity index (χ0) is 18.2. The number of carbonyl (C=O) groups is 1. The number of aromatic nitrogens is 2. The lowest BCUT2D eigenvalue weighted by Gasteiger charge is -2.18. The fourth-order valence-corrected chi connectivity index (χ4v) is 4.43. The standard InChI is InChI=1S/C17H21N3O4S/c1-19(10-12-4-6-13(24-3)7-5-12)17(21)16-14-11-25(22,23)9-8-15(14)20(2)18-16/h4-7H,8-11H2,1-3H3. The Morgan fingerprint density at radius 3 is 2.64 bits per heavy atom. The molecule has 0 bridgehead atoms. The summed E-state index contributed by atoms with van der Waals surface area (Å²) in [7, 11) is 1.86. The fourth-order valence-electron chi connectivity index (χ4n) is 3.04. The molecule has 0 N–H and O–H groups in total. The molecule has 2 aromatic rings. The van der Waals surface area contributed by atoms with Crippen molar-refractivity contribution in [1.29, 1.82) is 0 Å². The summed E-state index contributed by atoms with van der Waals surface area (Å²) in [6, 6.07) is 7.45. The number of fused-ring (bicyclic) bond motifs is 1. The molecule has 1 amide bonds. The van der Waals surface area contributed by atoms with E-state index in [2.05, 4.69) is 5.10 Å². The van der Waals surface area contributed by atoms with Crippen molar-refractivity contribution in [2.24, 2.45) is 7.05 Å². The monoisotopic (exact) mass is 363 g/mol. The Balaban J connectivity index is 1.83. The van der Waals surface area contributed by atoms with Gasteiger partial charge in [0.05, 0.1) is 18.6 Å². The second-order valence-corrected chi connectivity index (χ2v) is 8.43. The molecule has 0 saturated heterocycles. The topological polar surface area (TPSA) is 81.5 Å². The van der Waals surface area contributed by atoms with Gasteiger partial charge >= 0.3 is 0 Å². The molecule has 0 atom stereocenters. The van der Waals surface area contributed by atoms with E-state index >= 15 is 0 Å². The third-order valence-electron chi connectivity index (χ3n) is 4.42. The average molecular weight is 363 g/mol. The summed E-state index contributed by atoms with van der Waals surface area (Å²) in [5.41, 5.74) is 2.56. The van der Waals surface area contributed by atoms with Gasteiger partial charge in [0.1, 0.15) is 5.75 Å². The summed E-state index contributed by atoms with van der Waals surface area (Å²) in [6.45, 7) is 0.404. The molecular weight excluding hydrogens is 342 g/mol. The molecule has 8 heteroatoms. The molecule has 7 nitrogen and oxygen atoms in total. The van der Waals surface area contributed by atoms with Crippen LogP contribution in [0.5, 0.6) is 5.75 Å². The maximum Gasteiger partial charge on any atom is 0.274 e. The highest BCUT2D eigenvalue weighted by Crippen LogP contribution is 2.25. The number of aryl methyl sites for hydroxylation is 1. The number of benzene rings is 1. The van der Waals surface area contributed by atoms with Crippen LogP contribution in [0.25, 0.3) is 0 Å². The summed E-state index contributed by atoms with van der Waals surface area (Å²) in [5, 5.41) is 4.29. The van der Waals surface area contributed by atoms with Gasteiger partial charge in [0.25, 0.3) is 5.91 Å². The van der Waals surface area contributed by atoms with Gasteiger partial charge in [0, 0.05) is 38.3 Å². The summed E-state index contributed by atoms with van der Waals surface area (Å²) < 4.78 is 30.6. The van der Waals surface area contributed by atoms with Gasteiger partial charge in [-0.3, -0.25) is 9.48 Å². The number of hydrogen-bond donors (Lipinski definition) is 0. The minimum atomic E-state index is -3.17. The lowest BCUT2D eigenvalue weighted by molar-refractivity contribution is 0.0777. The minimum Gasteiger partial charge on any atom is -0.497 e. The van der Waals surface area contributed by atoms with E-state index in [0.717, 1.165) is 17.0 Å². The quantitative estimate of drug-likeness (QED) is 0.815. The van der Waals surface area contributed by atoms with E-state index in [0.29, 0.717) is 18.5 Å². The SMILES string of the molecule is COc1ccc(CN(C)C(=O)c2nn(C)c3c2CS(=O)(=O)CC3)cc1. The summed E-state index contributed by atoms with van der Waals surface area (Å²) in [5.74, 6) is 0.467. The van der Waals surface area contributed by atoms with Gasteiger partial charge in [-0.25, -0.2) is 8.42 Å². The molecule has 0 radical (unpaired) electrons. The van der Waals surface area contributed by atoms with Gasteiger partial charge in [-0.1, -0.05) is 12.1 Å². The zero-order valence-electron chi connectivity index (χ0n) is 14.5.